The van der Waals surface area contributed by atoms with Crippen molar-refractivity contribution >= 4 is 17.2 Å². The van der Waals surface area contributed by atoms with Crippen molar-refractivity contribution in [2.75, 3.05) is 0 Å². The fraction of sp³-hybridized carbons (Fsp3) is 0.286. The van der Waals surface area contributed by atoms with Crippen LogP contribution in [0.5, 0.6) is 11.5 Å². The minimum absolute atomic E-state index is 0.328. The molecule has 5 heteroatoms. The SMILES string of the molecule is Cc1ccc(C(N)=S)c(Oc2c(C)nn(C)c2C)c1. The molecule has 0 saturated heterocycles. The van der Waals surface area contributed by atoms with Crippen LogP contribution in [0.3, 0.4) is 0 Å². The lowest BCUT2D eigenvalue weighted by Gasteiger charge is -2.11. The van der Waals surface area contributed by atoms with Gasteiger partial charge in [-0.25, -0.2) is 0 Å². The number of nitrogens with zero attached hydrogens (tertiary/aromatic N) is 2. The summed E-state index contributed by atoms with van der Waals surface area (Å²) in [7, 11) is 1.89. The van der Waals surface area contributed by atoms with Crippen molar-refractivity contribution in [3.05, 3.63) is 40.7 Å². The van der Waals surface area contributed by atoms with Crippen molar-refractivity contribution in [1.82, 2.24) is 9.78 Å². The van der Waals surface area contributed by atoms with E-state index < -0.39 is 0 Å². The summed E-state index contributed by atoms with van der Waals surface area (Å²) in [6.07, 6.45) is 0. The maximum atomic E-state index is 5.98. The number of hydrogen-bond acceptors (Lipinski definition) is 3. The molecule has 0 fully saturated rings. The van der Waals surface area contributed by atoms with Crippen LogP contribution < -0.4 is 10.5 Å². The van der Waals surface area contributed by atoms with E-state index in [0.29, 0.717) is 10.7 Å². The summed E-state index contributed by atoms with van der Waals surface area (Å²) in [5, 5.41) is 4.33. The van der Waals surface area contributed by atoms with E-state index in [9.17, 15) is 0 Å². The Bertz CT molecular complexity index is 646. The highest BCUT2D eigenvalue weighted by Crippen LogP contribution is 2.31. The molecule has 2 N–H and O–H groups in total. The largest absolute Gasteiger partial charge is 0.453 e. The van der Waals surface area contributed by atoms with E-state index in [1.807, 2.05) is 46.0 Å². The van der Waals surface area contributed by atoms with Gasteiger partial charge in [0.05, 0.1) is 11.3 Å². The highest BCUT2D eigenvalue weighted by atomic mass is 32.1. The first-order valence-corrected chi connectivity index (χ1v) is 6.39. The Morgan fingerprint density at radius 3 is 2.53 bits per heavy atom. The second-order valence-corrected chi connectivity index (χ2v) is 5.03. The third-order valence-electron chi connectivity index (χ3n) is 3.06. The zero-order valence-corrected chi connectivity index (χ0v) is 12.3. The molecule has 100 valence electrons. The molecule has 1 aromatic heterocycles. The highest BCUT2D eigenvalue weighted by molar-refractivity contribution is 7.80. The summed E-state index contributed by atoms with van der Waals surface area (Å²) in [5.41, 5.74) is 9.37. The van der Waals surface area contributed by atoms with Gasteiger partial charge < -0.3 is 10.5 Å². The summed E-state index contributed by atoms with van der Waals surface area (Å²) < 4.78 is 7.78. The molecule has 0 amide bonds. The Labute approximate surface area is 118 Å². The van der Waals surface area contributed by atoms with Crippen molar-refractivity contribution in [1.29, 1.82) is 0 Å². The van der Waals surface area contributed by atoms with Crippen molar-refractivity contribution in [2.24, 2.45) is 12.8 Å². The maximum absolute atomic E-state index is 5.98. The Kier molecular flexibility index (Phi) is 3.57. The number of rotatable bonds is 3. The number of ether oxygens (including phenoxy) is 1. The number of aryl methyl sites for hydroxylation is 3. The second kappa shape index (κ2) is 5.01. The summed E-state index contributed by atoms with van der Waals surface area (Å²) in [5.74, 6) is 1.43. The van der Waals surface area contributed by atoms with E-state index in [0.717, 1.165) is 28.3 Å². The van der Waals surface area contributed by atoms with Crippen molar-refractivity contribution in [3.63, 3.8) is 0 Å². The molecule has 0 unspecified atom stereocenters. The Balaban J connectivity index is 2.48. The average molecular weight is 275 g/mol. The Hall–Kier alpha value is -1.88. The number of nitrogens with two attached hydrogens (primary N) is 1. The van der Waals surface area contributed by atoms with E-state index in [1.165, 1.54) is 0 Å². The van der Waals surface area contributed by atoms with Gasteiger partial charge in [0.2, 0.25) is 0 Å². The molecule has 1 aromatic carbocycles. The van der Waals surface area contributed by atoms with Crippen molar-refractivity contribution < 1.29 is 4.74 Å². The minimum Gasteiger partial charge on any atom is -0.453 e. The molecule has 2 rings (SSSR count). The van der Waals surface area contributed by atoms with Gasteiger partial charge in [0.25, 0.3) is 0 Å². The minimum atomic E-state index is 0.328. The van der Waals surface area contributed by atoms with E-state index in [1.54, 1.807) is 4.68 Å². The standard InChI is InChI=1S/C14H17N3OS/c1-8-5-6-11(14(15)19)12(7-8)18-13-9(2)16-17(4)10(13)3/h5-7H,1-4H3,(H2,15,19). The van der Waals surface area contributed by atoms with Crippen LogP contribution in [0.15, 0.2) is 18.2 Å². The molecule has 0 spiro atoms. The monoisotopic (exact) mass is 275 g/mol. The van der Waals surface area contributed by atoms with Crippen molar-refractivity contribution in [3.8, 4) is 11.5 Å². The topological polar surface area (TPSA) is 53.1 Å². The fourth-order valence-electron chi connectivity index (χ4n) is 1.93. The van der Waals surface area contributed by atoms with Crippen LogP contribution in [0.4, 0.5) is 0 Å². The van der Waals surface area contributed by atoms with E-state index in [2.05, 4.69) is 5.10 Å². The number of hydrogen-bond donors (Lipinski definition) is 1. The molecule has 2 aromatic rings. The molecular weight excluding hydrogens is 258 g/mol. The molecule has 0 saturated carbocycles. The molecule has 1 heterocycles. The van der Waals surface area contributed by atoms with Crippen LogP contribution in [0.2, 0.25) is 0 Å². The quantitative estimate of drug-likeness (QED) is 0.875. The first kappa shape index (κ1) is 13.5. The van der Waals surface area contributed by atoms with Crippen LogP contribution in [-0.4, -0.2) is 14.8 Å². The fourth-order valence-corrected chi connectivity index (χ4v) is 2.10. The number of aromatic nitrogens is 2. The molecule has 0 radical (unpaired) electrons. The normalized spacial score (nSPS) is 10.5. The Morgan fingerprint density at radius 1 is 1.32 bits per heavy atom. The number of thiocarbonyl (C=S) groups is 1. The molecule has 0 bridgehead atoms. The molecule has 0 aliphatic rings. The molecular formula is C14H17N3OS. The van der Waals surface area contributed by atoms with Gasteiger partial charge in [-0.15, -0.1) is 0 Å². The van der Waals surface area contributed by atoms with Gasteiger partial charge in [-0.05, 0) is 38.5 Å². The summed E-state index contributed by atoms with van der Waals surface area (Å²) >= 11 is 5.06. The van der Waals surface area contributed by atoms with Crippen LogP contribution in [-0.2, 0) is 7.05 Å². The lowest BCUT2D eigenvalue weighted by atomic mass is 10.1. The first-order valence-electron chi connectivity index (χ1n) is 5.98. The zero-order chi connectivity index (χ0) is 14.2. The number of benzene rings is 1. The summed E-state index contributed by atoms with van der Waals surface area (Å²) in [6.45, 7) is 5.88. The summed E-state index contributed by atoms with van der Waals surface area (Å²) in [4.78, 5) is 0.328. The van der Waals surface area contributed by atoms with E-state index in [-0.39, 0.29) is 0 Å². The van der Waals surface area contributed by atoms with E-state index >= 15 is 0 Å². The molecule has 4 nitrogen and oxygen atoms in total. The summed E-state index contributed by atoms with van der Waals surface area (Å²) in [6, 6.07) is 5.78. The highest BCUT2D eigenvalue weighted by Gasteiger charge is 2.14. The Morgan fingerprint density at radius 2 is 2.00 bits per heavy atom. The first-order chi connectivity index (χ1) is 8.90. The molecule has 0 aliphatic carbocycles. The smallest absolute Gasteiger partial charge is 0.171 e. The van der Waals surface area contributed by atoms with Crippen molar-refractivity contribution in [2.45, 2.75) is 20.8 Å². The van der Waals surface area contributed by atoms with Crippen LogP contribution in [0, 0.1) is 20.8 Å². The van der Waals surface area contributed by atoms with Gasteiger partial charge in [0.1, 0.15) is 16.4 Å². The van der Waals surface area contributed by atoms with Crippen LogP contribution in [0.25, 0.3) is 0 Å². The van der Waals surface area contributed by atoms with Gasteiger partial charge >= 0.3 is 0 Å². The van der Waals surface area contributed by atoms with Gasteiger partial charge in [-0.1, -0.05) is 18.3 Å². The van der Waals surface area contributed by atoms with Gasteiger partial charge in [-0.3, -0.25) is 4.68 Å². The van der Waals surface area contributed by atoms with Gasteiger partial charge in [0.15, 0.2) is 5.75 Å². The second-order valence-electron chi connectivity index (χ2n) is 4.59. The predicted molar refractivity (Wildman–Crippen MR) is 79.8 cm³/mol. The third kappa shape index (κ3) is 2.61. The van der Waals surface area contributed by atoms with Gasteiger partial charge in [-0.2, -0.15) is 5.10 Å². The lowest BCUT2D eigenvalue weighted by molar-refractivity contribution is 0.473. The molecule has 19 heavy (non-hydrogen) atoms. The maximum Gasteiger partial charge on any atom is 0.171 e. The zero-order valence-electron chi connectivity index (χ0n) is 11.5. The lowest BCUT2D eigenvalue weighted by Crippen LogP contribution is -2.11. The van der Waals surface area contributed by atoms with E-state index in [4.69, 9.17) is 22.7 Å². The van der Waals surface area contributed by atoms with Crippen LogP contribution in [0.1, 0.15) is 22.5 Å². The van der Waals surface area contributed by atoms with Crippen LogP contribution >= 0.6 is 12.2 Å². The third-order valence-corrected chi connectivity index (χ3v) is 3.28. The molecule has 0 atom stereocenters. The molecule has 0 aliphatic heterocycles. The van der Waals surface area contributed by atoms with Gasteiger partial charge in [0, 0.05) is 7.05 Å². The average Bonchev–Trinajstić information content (AvgIpc) is 2.56. The predicted octanol–water partition coefficient (Wildman–Crippen LogP) is 2.77.